The van der Waals surface area contributed by atoms with Crippen LogP contribution in [-0.2, 0) is 6.54 Å². The standard InChI is InChI=1S/C16H26ClN3/c1-11(2)14-5-6-20(10-14)16-15(17)7-13(9-19-16)8-18-12(3)4/h7,9,11-12,14,18H,5-6,8,10H2,1-4H3. The van der Waals surface area contributed by atoms with Crippen molar-refractivity contribution in [2.24, 2.45) is 11.8 Å². The second kappa shape index (κ2) is 6.77. The Labute approximate surface area is 127 Å². The Morgan fingerprint density at radius 2 is 2.15 bits per heavy atom. The highest BCUT2D eigenvalue weighted by atomic mass is 35.5. The maximum absolute atomic E-state index is 6.42. The third kappa shape index (κ3) is 3.86. The Morgan fingerprint density at radius 1 is 1.40 bits per heavy atom. The maximum Gasteiger partial charge on any atom is 0.147 e. The van der Waals surface area contributed by atoms with Crippen LogP contribution in [0, 0.1) is 11.8 Å². The van der Waals surface area contributed by atoms with Crippen LogP contribution in [0.1, 0.15) is 39.7 Å². The summed E-state index contributed by atoms with van der Waals surface area (Å²) in [6.45, 7) is 11.8. The molecule has 2 heterocycles. The topological polar surface area (TPSA) is 28.2 Å². The SMILES string of the molecule is CC(C)NCc1cnc(N2CCC(C(C)C)C2)c(Cl)c1. The minimum Gasteiger partial charge on any atom is -0.355 e. The zero-order valence-electron chi connectivity index (χ0n) is 13.0. The van der Waals surface area contributed by atoms with E-state index in [1.165, 1.54) is 6.42 Å². The lowest BCUT2D eigenvalue weighted by Crippen LogP contribution is -2.24. The van der Waals surface area contributed by atoms with Gasteiger partial charge in [-0.25, -0.2) is 4.98 Å². The number of hydrogen-bond donors (Lipinski definition) is 1. The summed E-state index contributed by atoms with van der Waals surface area (Å²) in [5, 5.41) is 4.16. The predicted molar refractivity (Wildman–Crippen MR) is 86.4 cm³/mol. The van der Waals surface area contributed by atoms with Gasteiger partial charge in [0, 0.05) is 31.9 Å². The third-order valence-electron chi connectivity index (χ3n) is 4.06. The first kappa shape index (κ1) is 15.6. The molecule has 3 nitrogen and oxygen atoms in total. The van der Waals surface area contributed by atoms with Crippen molar-refractivity contribution in [2.45, 2.75) is 46.7 Å². The number of rotatable bonds is 5. The highest BCUT2D eigenvalue weighted by Crippen LogP contribution is 2.31. The van der Waals surface area contributed by atoms with Crippen LogP contribution in [0.2, 0.25) is 5.02 Å². The lowest BCUT2D eigenvalue weighted by molar-refractivity contribution is 0.422. The number of hydrogen-bond acceptors (Lipinski definition) is 3. The molecule has 4 heteroatoms. The van der Waals surface area contributed by atoms with Gasteiger partial charge in [0.25, 0.3) is 0 Å². The van der Waals surface area contributed by atoms with Gasteiger partial charge in [0.15, 0.2) is 0 Å². The fourth-order valence-corrected chi connectivity index (χ4v) is 2.95. The summed E-state index contributed by atoms with van der Waals surface area (Å²) in [6.07, 6.45) is 3.19. The Balaban J connectivity index is 2.03. The Bertz CT molecular complexity index is 445. The molecule has 1 aliphatic rings. The molecule has 0 spiro atoms. The van der Waals surface area contributed by atoms with Crippen molar-refractivity contribution in [1.29, 1.82) is 0 Å². The van der Waals surface area contributed by atoms with E-state index >= 15 is 0 Å². The van der Waals surface area contributed by atoms with E-state index in [1.54, 1.807) is 0 Å². The molecule has 1 N–H and O–H groups in total. The fraction of sp³-hybridized carbons (Fsp3) is 0.688. The minimum atomic E-state index is 0.471. The summed E-state index contributed by atoms with van der Waals surface area (Å²) in [6, 6.07) is 2.51. The smallest absolute Gasteiger partial charge is 0.147 e. The van der Waals surface area contributed by atoms with Crippen molar-refractivity contribution >= 4 is 17.4 Å². The van der Waals surface area contributed by atoms with Gasteiger partial charge in [0.2, 0.25) is 0 Å². The zero-order valence-corrected chi connectivity index (χ0v) is 13.7. The van der Waals surface area contributed by atoms with Crippen LogP contribution in [0.25, 0.3) is 0 Å². The number of anilines is 1. The van der Waals surface area contributed by atoms with Gasteiger partial charge in [-0.05, 0) is 29.9 Å². The number of aromatic nitrogens is 1. The van der Waals surface area contributed by atoms with Crippen LogP contribution in [0.15, 0.2) is 12.3 Å². The van der Waals surface area contributed by atoms with E-state index in [1.807, 2.05) is 12.3 Å². The van der Waals surface area contributed by atoms with Gasteiger partial charge < -0.3 is 10.2 Å². The van der Waals surface area contributed by atoms with E-state index in [4.69, 9.17) is 11.6 Å². The average molecular weight is 296 g/mol. The highest BCUT2D eigenvalue weighted by molar-refractivity contribution is 6.33. The molecule has 0 saturated carbocycles. The van der Waals surface area contributed by atoms with Crippen LogP contribution in [0.4, 0.5) is 5.82 Å². The lowest BCUT2D eigenvalue weighted by atomic mass is 9.95. The van der Waals surface area contributed by atoms with Crippen LogP contribution in [-0.4, -0.2) is 24.1 Å². The molecule has 0 radical (unpaired) electrons. The summed E-state index contributed by atoms with van der Waals surface area (Å²) in [4.78, 5) is 6.91. The summed E-state index contributed by atoms with van der Waals surface area (Å²) < 4.78 is 0. The molecule has 112 valence electrons. The Hall–Kier alpha value is -0.800. The van der Waals surface area contributed by atoms with Crippen molar-refractivity contribution in [3.8, 4) is 0 Å². The van der Waals surface area contributed by atoms with Crippen molar-refractivity contribution in [3.05, 3.63) is 22.8 Å². The second-order valence-corrected chi connectivity index (χ2v) is 6.83. The molecule has 1 atom stereocenters. The van der Waals surface area contributed by atoms with E-state index in [-0.39, 0.29) is 0 Å². The first-order valence-corrected chi connectivity index (χ1v) is 7.98. The third-order valence-corrected chi connectivity index (χ3v) is 4.34. The molecular formula is C16H26ClN3. The van der Waals surface area contributed by atoms with Crippen LogP contribution >= 0.6 is 11.6 Å². The van der Waals surface area contributed by atoms with Crippen LogP contribution in [0.3, 0.4) is 0 Å². The van der Waals surface area contributed by atoms with Crippen LogP contribution in [0.5, 0.6) is 0 Å². The van der Waals surface area contributed by atoms with E-state index in [0.29, 0.717) is 6.04 Å². The van der Waals surface area contributed by atoms with Crippen LogP contribution < -0.4 is 10.2 Å². The number of pyridine rings is 1. The molecule has 1 unspecified atom stereocenters. The maximum atomic E-state index is 6.42. The van der Waals surface area contributed by atoms with Gasteiger partial charge in [-0.1, -0.05) is 39.3 Å². The Kier molecular flexibility index (Phi) is 5.28. The van der Waals surface area contributed by atoms with E-state index in [0.717, 1.165) is 47.9 Å². The van der Waals surface area contributed by atoms with E-state index < -0.39 is 0 Å². The molecule has 0 aromatic carbocycles. The normalized spacial score (nSPS) is 19.4. The predicted octanol–water partition coefficient (Wildman–Crippen LogP) is 3.72. The summed E-state index contributed by atoms with van der Waals surface area (Å²) in [5.41, 5.74) is 1.15. The molecule has 0 aliphatic carbocycles. The molecule has 0 bridgehead atoms. The molecule has 1 aromatic heterocycles. The van der Waals surface area contributed by atoms with E-state index in [2.05, 4.69) is 42.9 Å². The summed E-state index contributed by atoms with van der Waals surface area (Å²) in [5.74, 6) is 2.44. The molecule has 1 saturated heterocycles. The van der Waals surface area contributed by atoms with Gasteiger partial charge >= 0.3 is 0 Å². The van der Waals surface area contributed by atoms with Crippen molar-refractivity contribution in [1.82, 2.24) is 10.3 Å². The van der Waals surface area contributed by atoms with Gasteiger partial charge in [-0.2, -0.15) is 0 Å². The van der Waals surface area contributed by atoms with Crippen molar-refractivity contribution in [3.63, 3.8) is 0 Å². The van der Waals surface area contributed by atoms with Crippen molar-refractivity contribution in [2.75, 3.05) is 18.0 Å². The monoisotopic (exact) mass is 295 g/mol. The van der Waals surface area contributed by atoms with Gasteiger partial charge in [0.05, 0.1) is 5.02 Å². The van der Waals surface area contributed by atoms with Gasteiger partial charge in [0.1, 0.15) is 5.82 Å². The number of nitrogens with one attached hydrogen (secondary N) is 1. The number of halogens is 1. The first-order chi connectivity index (χ1) is 9.47. The summed E-state index contributed by atoms with van der Waals surface area (Å²) in [7, 11) is 0. The number of nitrogens with zero attached hydrogens (tertiary/aromatic N) is 2. The zero-order chi connectivity index (χ0) is 14.7. The molecular weight excluding hydrogens is 270 g/mol. The lowest BCUT2D eigenvalue weighted by Gasteiger charge is -2.20. The molecule has 20 heavy (non-hydrogen) atoms. The molecule has 2 rings (SSSR count). The molecule has 1 aromatic rings. The highest BCUT2D eigenvalue weighted by Gasteiger charge is 2.26. The largest absolute Gasteiger partial charge is 0.355 e. The average Bonchev–Trinajstić information content (AvgIpc) is 2.86. The molecule has 1 aliphatic heterocycles. The molecule has 0 amide bonds. The van der Waals surface area contributed by atoms with Crippen molar-refractivity contribution < 1.29 is 0 Å². The quantitative estimate of drug-likeness (QED) is 0.897. The second-order valence-electron chi connectivity index (χ2n) is 6.42. The van der Waals surface area contributed by atoms with E-state index in [9.17, 15) is 0 Å². The van der Waals surface area contributed by atoms with Gasteiger partial charge in [-0.15, -0.1) is 0 Å². The Morgan fingerprint density at radius 3 is 2.70 bits per heavy atom. The summed E-state index contributed by atoms with van der Waals surface area (Å²) >= 11 is 6.42. The van der Waals surface area contributed by atoms with Gasteiger partial charge in [-0.3, -0.25) is 0 Å². The minimum absolute atomic E-state index is 0.471. The fourth-order valence-electron chi connectivity index (χ4n) is 2.65. The first-order valence-electron chi connectivity index (χ1n) is 7.60. The molecule has 1 fully saturated rings.